The molecule has 24 heavy (non-hydrogen) atoms. The second kappa shape index (κ2) is 5.29. The molecule has 2 fully saturated rings. The zero-order chi connectivity index (χ0) is 16.9. The Morgan fingerprint density at radius 2 is 2.08 bits per heavy atom. The zero-order valence-electron chi connectivity index (χ0n) is 13.0. The molecule has 2 aromatic rings. The minimum absolute atomic E-state index is 0.0933. The van der Waals surface area contributed by atoms with Crippen molar-refractivity contribution in [2.24, 2.45) is 0 Å². The van der Waals surface area contributed by atoms with E-state index in [1.54, 1.807) is 35.4 Å². The first-order chi connectivity index (χ1) is 11.5. The van der Waals surface area contributed by atoms with Crippen LogP contribution in [0, 0.1) is 0 Å². The van der Waals surface area contributed by atoms with Crippen molar-refractivity contribution in [2.75, 3.05) is 13.1 Å². The number of carbonyl (C=O) groups is 2. The number of rotatable bonds is 3. The topological polar surface area (TPSA) is 54.3 Å². The summed E-state index contributed by atoms with van der Waals surface area (Å²) in [5.74, 6) is -0.307. The van der Waals surface area contributed by atoms with Gasteiger partial charge in [-0.05, 0) is 36.4 Å². The Labute approximate surface area is 137 Å². The molecule has 0 bridgehead atoms. The maximum atomic E-state index is 12.9. The first kappa shape index (κ1) is 15.1. The Morgan fingerprint density at radius 1 is 1.29 bits per heavy atom. The molecule has 1 saturated heterocycles. The highest BCUT2D eigenvalue weighted by Crippen LogP contribution is 2.43. The number of nitrogens with zero attached hydrogens (tertiary/aromatic N) is 2. The average Bonchev–Trinajstić information content (AvgIpc) is 3.25. The predicted octanol–water partition coefficient (Wildman–Crippen LogP) is 2.01. The van der Waals surface area contributed by atoms with Gasteiger partial charge in [-0.25, -0.2) is 8.78 Å². The Morgan fingerprint density at radius 3 is 2.79 bits per heavy atom. The van der Waals surface area contributed by atoms with Crippen molar-refractivity contribution < 1.29 is 18.4 Å². The van der Waals surface area contributed by atoms with Crippen molar-refractivity contribution in [3.63, 3.8) is 0 Å². The van der Waals surface area contributed by atoms with E-state index in [1.165, 1.54) is 4.57 Å². The molecule has 2 amide bonds. The van der Waals surface area contributed by atoms with E-state index in [-0.39, 0.29) is 11.8 Å². The van der Waals surface area contributed by atoms with Crippen molar-refractivity contribution >= 4 is 22.7 Å². The average molecular weight is 333 g/mol. The molecule has 0 radical (unpaired) electrons. The lowest BCUT2D eigenvalue weighted by Gasteiger charge is -2.35. The Balaban J connectivity index is 1.68. The van der Waals surface area contributed by atoms with Crippen LogP contribution in [0.1, 0.15) is 23.2 Å². The lowest BCUT2D eigenvalue weighted by atomic mass is 10.1. The number of nitrogens with one attached hydrogen (secondary N) is 1. The van der Waals surface area contributed by atoms with Gasteiger partial charge in [-0.15, -0.1) is 0 Å². The fraction of sp³-hybridized carbons (Fsp3) is 0.412. The van der Waals surface area contributed by atoms with Gasteiger partial charge in [0, 0.05) is 30.4 Å². The molecular weight excluding hydrogens is 316 g/mol. The summed E-state index contributed by atoms with van der Waals surface area (Å²) < 4.78 is 26.8. The molecule has 2 aliphatic rings. The maximum Gasteiger partial charge on any atom is 0.256 e. The maximum absolute atomic E-state index is 12.9. The summed E-state index contributed by atoms with van der Waals surface area (Å²) in [5.41, 5.74) is 0.333. The minimum atomic E-state index is -2.46. The summed E-state index contributed by atoms with van der Waals surface area (Å²) in [7, 11) is 0. The van der Waals surface area contributed by atoms with Crippen LogP contribution in [0.5, 0.6) is 0 Å². The van der Waals surface area contributed by atoms with E-state index < -0.39 is 18.5 Å². The summed E-state index contributed by atoms with van der Waals surface area (Å²) in [5, 5.41) is 3.62. The number of hydrogen-bond acceptors (Lipinski definition) is 2. The minimum Gasteiger partial charge on any atom is -0.352 e. The molecule has 1 N–H and O–H groups in total. The molecule has 1 spiro atoms. The van der Waals surface area contributed by atoms with E-state index in [4.69, 9.17) is 0 Å². The van der Waals surface area contributed by atoms with Gasteiger partial charge >= 0.3 is 0 Å². The second-order valence-electron chi connectivity index (χ2n) is 6.38. The van der Waals surface area contributed by atoms with Gasteiger partial charge in [0.25, 0.3) is 12.3 Å². The lowest BCUT2D eigenvalue weighted by molar-refractivity contribution is -0.129. The van der Waals surface area contributed by atoms with Crippen LogP contribution in [0.4, 0.5) is 8.78 Å². The highest BCUT2D eigenvalue weighted by molar-refractivity contribution is 6.03. The van der Waals surface area contributed by atoms with Crippen molar-refractivity contribution in [3.05, 3.63) is 36.0 Å². The molecule has 1 saturated carbocycles. The Kier molecular flexibility index (Phi) is 3.33. The van der Waals surface area contributed by atoms with E-state index in [0.29, 0.717) is 37.0 Å². The zero-order valence-corrected chi connectivity index (χ0v) is 13.0. The smallest absolute Gasteiger partial charge is 0.256 e. The largest absolute Gasteiger partial charge is 0.352 e. The monoisotopic (exact) mass is 333 g/mol. The third-order valence-electron chi connectivity index (χ3n) is 4.88. The van der Waals surface area contributed by atoms with Gasteiger partial charge in [-0.3, -0.25) is 9.59 Å². The molecule has 1 aliphatic carbocycles. The number of amides is 2. The molecule has 1 aromatic carbocycles. The van der Waals surface area contributed by atoms with Crippen molar-refractivity contribution in [2.45, 2.75) is 31.4 Å². The van der Waals surface area contributed by atoms with Gasteiger partial charge in [-0.2, -0.15) is 0 Å². The molecular formula is C17H17F2N3O2. The fourth-order valence-corrected chi connectivity index (χ4v) is 3.47. The molecule has 4 rings (SSSR count). The van der Waals surface area contributed by atoms with Crippen LogP contribution >= 0.6 is 0 Å². The van der Waals surface area contributed by atoms with Crippen LogP contribution in [0.3, 0.4) is 0 Å². The summed E-state index contributed by atoms with van der Waals surface area (Å²) in [6.07, 6.45) is 0.491. The molecule has 1 aliphatic heterocycles. The third-order valence-corrected chi connectivity index (χ3v) is 4.88. The van der Waals surface area contributed by atoms with E-state index in [9.17, 15) is 18.4 Å². The third kappa shape index (κ3) is 2.26. The van der Waals surface area contributed by atoms with Gasteiger partial charge in [-0.1, -0.05) is 6.07 Å². The van der Waals surface area contributed by atoms with E-state index in [2.05, 4.69) is 5.32 Å². The first-order valence-corrected chi connectivity index (χ1v) is 7.99. The molecule has 0 unspecified atom stereocenters. The van der Waals surface area contributed by atoms with Gasteiger partial charge in [0.15, 0.2) is 0 Å². The lowest BCUT2D eigenvalue weighted by Crippen LogP contribution is -2.59. The van der Waals surface area contributed by atoms with Crippen molar-refractivity contribution in [3.8, 4) is 0 Å². The van der Waals surface area contributed by atoms with Crippen LogP contribution in [0.15, 0.2) is 30.5 Å². The van der Waals surface area contributed by atoms with Crippen LogP contribution in [-0.2, 0) is 11.3 Å². The number of carbonyl (C=O) groups excluding carboxylic acids is 2. The second-order valence-corrected chi connectivity index (χ2v) is 6.38. The normalized spacial score (nSPS) is 19.1. The predicted molar refractivity (Wildman–Crippen MR) is 84.0 cm³/mol. The van der Waals surface area contributed by atoms with Gasteiger partial charge < -0.3 is 14.8 Å². The Bertz CT molecular complexity index is 826. The molecule has 0 atom stereocenters. The molecule has 126 valence electrons. The Hall–Kier alpha value is -2.44. The van der Waals surface area contributed by atoms with Crippen LogP contribution in [0.25, 0.3) is 10.9 Å². The molecule has 5 nitrogen and oxygen atoms in total. The first-order valence-electron chi connectivity index (χ1n) is 7.99. The number of piperazine rings is 1. The molecule has 7 heteroatoms. The number of hydrogen-bond donors (Lipinski definition) is 1. The summed E-state index contributed by atoms with van der Waals surface area (Å²) >= 11 is 0. The van der Waals surface area contributed by atoms with Crippen LogP contribution in [-0.4, -0.2) is 46.3 Å². The highest BCUT2D eigenvalue weighted by atomic mass is 19.3. The number of benzene rings is 1. The van der Waals surface area contributed by atoms with Crippen LogP contribution in [0.2, 0.25) is 0 Å². The van der Waals surface area contributed by atoms with Gasteiger partial charge in [0.2, 0.25) is 5.91 Å². The molecule has 2 heterocycles. The standard InChI is InChI=1S/C17H17F2N3O2/c18-14(19)10-21-7-3-11-1-2-12(9-13(11)21)15(23)22-8-6-20-16(24)17(22)4-5-17/h1-3,7,9,14H,4-6,8,10H2,(H,20,24). The van der Waals surface area contributed by atoms with Crippen LogP contribution < -0.4 is 5.32 Å². The van der Waals surface area contributed by atoms with E-state index >= 15 is 0 Å². The quantitative estimate of drug-likeness (QED) is 0.934. The van der Waals surface area contributed by atoms with Gasteiger partial charge in [0.05, 0.1) is 6.54 Å². The number of fused-ring (bicyclic) bond motifs is 1. The number of aromatic nitrogens is 1. The number of alkyl halides is 2. The highest BCUT2D eigenvalue weighted by Gasteiger charge is 2.57. The summed E-state index contributed by atoms with van der Waals surface area (Å²) in [6.45, 7) is 0.508. The summed E-state index contributed by atoms with van der Waals surface area (Å²) in [4.78, 5) is 26.6. The SMILES string of the molecule is O=C(c1ccc2ccn(CC(F)F)c2c1)N1CCNC(=O)C12CC2. The number of halogens is 2. The summed E-state index contributed by atoms with van der Waals surface area (Å²) in [6, 6.07) is 6.85. The van der Waals surface area contributed by atoms with Crippen molar-refractivity contribution in [1.82, 2.24) is 14.8 Å². The van der Waals surface area contributed by atoms with Gasteiger partial charge in [0.1, 0.15) is 5.54 Å². The molecule has 1 aromatic heterocycles. The fourth-order valence-electron chi connectivity index (χ4n) is 3.47. The van der Waals surface area contributed by atoms with Crippen molar-refractivity contribution in [1.29, 1.82) is 0 Å². The van der Waals surface area contributed by atoms with E-state index in [0.717, 1.165) is 5.39 Å². The van der Waals surface area contributed by atoms with E-state index in [1.807, 2.05) is 0 Å².